The topological polar surface area (TPSA) is 64.9 Å². The van der Waals surface area contributed by atoms with Crippen LogP contribution in [0.3, 0.4) is 0 Å². The Morgan fingerprint density at radius 3 is 3.00 bits per heavy atom. The zero-order valence-electron chi connectivity index (χ0n) is 12.7. The van der Waals surface area contributed by atoms with E-state index in [1.54, 1.807) is 12.3 Å². The third kappa shape index (κ3) is 3.00. The summed E-state index contributed by atoms with van der Waals surface area (Å²) in [6.45, 7) is 0.589. The summed E-state index contributed by atoms with van der Waals surface area (Å²) in [6, 6.07) is 9.12. The maximum Gasteiger partial charge on any atom is 0.231 e. The van der Waals surface area contributed by atoms with Gasteiger partial charge in [0.05, 0.1) is 23.7 Å². The molecule has 0 saturated heterocycles. The molecule has 3 heterocycles. The molecule has 0 aliphatic carbocycles. The number of hydrogen-bond acceptors (Lipinski definition) is 4. The first-order chi connectivity index (χ1) is 11.7. The summed E-state index contributed by atoms with van der Waals surface area (Å²) in [5.74, 6) is 1.31. The van der Waals surface area contributed by atoms with Crippen LogP contribution in [0.2, 0.25) is 5.02 Å². The Morgan fingerprint density at radius 2 is 2.08 bits per heavy atom. The maximum atomic E-state index is 12.1. The molecule has 1 N–H and O–H groups in total. The number of pyridine rings is 1. The number of nitrogens with zero attached hydrogens (tertiary/aromatic N) is 2. The Kier molecular flexibility index (Phi) is 3.74. The van der Waals surface area contributed by atoms with Gasteiger partial charge in [0.1, 0.15) is 5.65 Å². The number of nitrogens with one attached hydrogen (secondary N) is 1. The second-order valence-electron chi connectivity index (χ2n) is 5.49. The van der Waals surface area contributed by atoms with E-state index >= 15 is 0 Å². The predicted octanol–water partition coefficient (Wildman–Crippen LogP) is 2.58. The molecule has 0 fully saturated rings. The van der Waals surface area contributed by atoms with Crippen molar-refractivity contribution in [2.24, 2.45) is 0 Å². The number of rotatable bonds is 4. The summed E-state index contributed by atoms with van der Waals surface area (Å²) in [4.78, 5) is 16.5. The highest BCUT2D eigenvalue weighted by Gasteiger charge is 2.14. The first kappa shape index (κ1) is 14.8. The van der Waals surface area contributed by atoms with E-state index in [0.29, 0.717) is 23.1 Å². The lowest BCUT2D eigenvalue weighted by molar-refractivity contribution is -0.120. The summed E-state index contributed by atoms with van der Waals surface area (Å²) < 4.78 is 12.4. The molecule has 6 nitrogen and oxygen atoms in total. The average molecular weight is 344 g/mol. The molecule has 1 amide bonds. The smallest absolute Gasteiger partial charge is 0.231 e. The number of imidazole rings is 1. The Morgan fingerprint density at radius 1 is 1.21 bits per heavy atom. The highest BCUT2D eigenvalue weighted by atomic mass is 35.5. The van der Waals surface area contributed by atoms with E-state index in [1.165, 1.54) is 0 Å². The van der Waals surface area contributed by atoms with Gasteiger partial charge in [-0.15, -0.1) is 0 Å². The Balaban J connectivity index is 1.39. The van der Waals surface area contributed by atoms with Crippen LogP contribution in [0.5, 0.6) is 11.5 Å². The molecule has 0 saturated carbocycles. The lowest BCUT2D eigenvalue weighted by atomic mass is 10.1. The third-order valence-corrected chi connectivity index (χ3v) is 3.96. The van der Waals surface area contributed by atoms with Gasteiger partial charge in [-0.05, 0) is 29.8 Å². The van der Waals surface area contributed by atoms with E-state index in [9.17, 15) is 4.79 Å². The van der Waals surface area contributed by atoms with Gasteiger partial charge in [-0.3, -0.25) is 4.79 Å². The molecular formula is C17H14ClN3O3. The standard InChI is InChI=1S/C17H14ClN3O3/c18-12-2-4-16-20-13(9-21(16)8-12)7-19-17(22)6-11-1-3-14-15(5-11)24-10-23-14/h1-5,8-9H,6-7,10H2,(H,19,22). The van der Waals surface area contributed by atoms with E-state index in [1.807, 2.05) is 34.9 Å². The van der Waals surface area contributed by atoms with Crippen molar-refractivity contribution in [2.45, 2.75) is 13.0 Å². The largest absolute Gasteiger partial charge is 0.454 e. The molecule has 3 aromatic rings. The molecule has 0 spiro atoms. The van der Waals surface area contributed by atoms with Crippen LogP contribution in [-0.4, -0.2) is 22.1 Å². The molecule has 1 aliphatic heterocycles. The van der Waals surface area contributed by atoms with Crippen molar-refractivity contribution in [3.8, 4) is 11.5 Å². The lowest BCUT2D eigenvalue weighted by Gasteiger charge is -2.04. The predicted molar refractivity (Wildman–Crippen MR) is 88.3 cm³/mol. The van der Waals surface area contributed by atoms with Crippen molar-refractivity contribution in [2.75, 3.05) is 6.79 Å². The Hall–Kier alpha value is -2.73. The van der Waals surface area contributed by atoms with Crippen LogP contribution in [0.4, 0.5) is 0 Å². The zero-order valence-corrected chi connectivity index (χ0v) is 13.4. The molecule has 0 radical (unpaired) electrons. The molecule has 0 unspecified atom stereocenters. The third-order valence-electron chi connectivity index (χ3n) is 3.73. The summed E-state index contributed by atoms with van der Waals surface area (Å²) >= 11 is 5.95. The number of carbonyl (C=O) groups excluding carboxylic acids is 1. The number of carbonyl (C=O) groups is 1. The van der Waals surface area contributed by atoms with Crippen LogP contribution < -0.4 is 14.8 Å². The molecule has 2 aromatic heterocycles. The second kappa shape index (κ2) is 6.05. The van der Waals surface area contributed by atoms with E-state index in [4.69, 9.17) is 21.1 Å². The zero-order chi connectivity index (χ0) is 16.5. The molecule has 0 atom stereocenters. The Bertz CT molecular complexity index is 923. The Labute approximate surface area is 143 Å². The van der Waals surface area contributed by atoms with Gasteiger partial charge in [0.25, 0.3) is 0 Å². The highest BCUT2D eigenvalue weighted by molar-refractivity contribution is 6.30. The second-order valence-corrected chi connectivity index (χ2v) is 5.92. The molecule has 24 heavy (non-hydrogen) atoms. The quantitative estimate of drug-likeness (QED) is 0.790. The molecule has 7 heteroatoms. The van der Waals surface area contributed by atoms with E-state index in [-0.39, 0.29) is 19.1 Å². The van der Waals surface area contributed by atoms with Crippen molar-refractivity contribution in [3.05, 3.63) is 59.0 Å². The minimum absolute atomic E-state index is 0.0797. The van der Waals surface area contributed by atoms with Crippen LogP contribution in [0.15, 0.2) is 42.7 Å². The monoisotopic (exact) mass is 343 g/mol. The summed E-state index contributed by atoms with van der Waals surface area (Å²) in [5.41, 5.74) is 2.44. The van der Waals surface area contributed by atoms with E-state index in [0.717, 1.165) is 16.9 Å². The number of ether oxygens (including phenoxy) is 2. The SMILES string of the molecule is O=C(Cc1ccc2c(c1)OCO2)NCc1cn2cc(Cl)ccc2n1. The normalized spacial score (nSPS) is 12.5. The molecule has 1 aliphatic rings. The molecule has 1 aromatic carbocycles. The average Bonchev–Trinajstić information content (AvgIpc) is 3.18. The maximum absolute atomic E-state index is 12.1. The molecule has 4 rings (SSSR count). The van der Waals surface area contributed by atoms with Gasteiger partial charge in [-0.2, -0.15) is 0 Å². The van der Waals surface area contributed by atoms with Gasteiger partial charge in [-0.25, -0.2) is 4.98 Å². The van der Waals surface area contributed by atoms with Crippen molar-refractivity contribution in [3.63, 3.8) is 0 Å². The highest BCUT2D eigenvalue weighted by Crippen LogP contribution is 2.32. The molecular weight excluding hydrogens is 330 g/mol. The first-order valence-electron chi connectivity index (χ1n) is 7.46. The number of benzene rings is 1. The van der Waals surface area contributed by atoms with Crippen LogP contribution in [0.25, 0.3) is 5.65 Å². The van der Waals surface area contributed by atoms with Crippen molar-refractivity contribution < 1.29 is 14.3 Å². The summed E-state index contributed by atoms with van der Waals surface area (Å²) in [6.07, 6.45) is 3.90. The number of halogens is 1. The number of aromatic nitrogens is 2. The van der Waals surface area contributed by atoms with Crippen molar-refractivity contribution in [1.29, 1.82) is 0 Å². The van der Waals surface area contributed by atoms with Crippen LogP contribution >= 0.6 is 11.6 Å². The minimum Gasteiger partial charge on any atom is -0.454 e. The summed E-state index contributed by atoms with van der Waals surface area (Å²) in [7, 11) is 0. The number of amides is 1. The molecule has 122 valence electrons. The van der Waals surface area contributed by atoms with Crippen LogP contribution in [0, 0.1) is 0 Å². The minimum atomic E-state index is -0.0797. The van der Waals surface area contributed by atoms with Crippen molar-refractivity contribution in [1.82, 2.24) is 14.7 Å². The fraction of sp³-hybridized carbons (Fsp3) is 0.176. The van der Waals surface area contributed by atoms with E-state index in [2.05, 4.69) is 10.3 Å². The molecule has 0 bridgehead atoms. The van der Waals surface area contributed by atoms with Gasteiger partial charge in [0, 0.05) is 12.4 Å². The van der Waals surface area contributed by atoms with Gasteiger partial charge in [0.2, 0.25) is 12.7 Å². The van der Waals surface area contributed by atoms with Crippen LogP contribution in [0.1, 0.15) is 11.3 Å². The van der Waals surface area contributed by atoms with E-state index < -0.39 is 0 Å². The first-order valence-corrected chi connectivity index (χ1v) is 7.83. The van der Waals surface area contributed by atoms with Gasteiger partial charge >= 0.3 is 0 Å². The van der Waals surface area contributed by atoms with Gasteiger partial charge in [0.15, 0.2) is 11.5 Å². The lowest BCUT2D eigenvalue weighted by Crippen LogP contribution is -2.24. The summed E-state index contributed by atoms with van der Waals surface area (Å²) in [5, 5.41) is 3.51. The van der Waals surface area contributed by atoms with Crippen LogP contribution in [-0.2, 0) is 17.8 Å². The number of fused-ring (bicyclic) bond motifs is 2. The van der Waals surface area contributed by atoms with Crippen molar-refractivity contribution >= 4 is 23.2 Å². The fourth-order valence-electron chi connectivity index (χ4n) is 2.59. The number of hydrogen-bond donors (Lipinski definition) is 1. The fourth-order valence-corrected chi connectivity index (χ4v) is 2.76. The van der Waals surface area contributed by atoms with Gasteiger partial charge in [-0.1, -0.05) is 17.7 Å². The van der Waals surface area contributed by atoms with Gasteiger partial charge < -0.3 is 19.2 Å².